The van der Waals surface area contributed by atoms with Crippen LogP contribution < -0.4 is 15.4 Å². The first-order chi connectivity index (χ1) is 14.5. The van der Waals surface area contributed by atoms with Gasteiger partial charge in [0.15, 0.2) is 5.78 Å². The fourth-order valence-electron chi connectivity index (χ4n) is 3.20. The lowest BCUT2D eigenvalue weighted by molar-refractivity contribution is -0.114. The summed E-state index contributed by atoms with van der Waals surface area (Å²) in [5.41, 5.74) is 1.94. The van der Waals surface area contributed by atoms with E-state index >= 15 is 0 Å². The van der Waals surface area contributed by atoms with Gasteiger partial charge in [0.05, 0.1) is 38.2 Å². The number of Topliss-reactive ketones (excluding diaryl/α,β-unsaturated/α-hetero) is 1. The Balaban J connectivity index is 1.69. The number of ether oxygens (including phenoxy) is 2. The van der Waals surface area contributed by atoms with Gasteiger partial charge in [0, 0.05) is 24.2 Å². The Labute approximate surface area is 175 Å². The zero-order valence-electron chi connectivity index (χ0n) is 17.1. The summed E-state index contributed by atoms with van der Waals surface area (Å²) in [6.45, 7) is 3.53. The summed E-state index contributed by atoms with van der Waals surface area (Å²) >= 11 is 0. The molecule has 0 saturated carbocycles. The molecular weight excluding hydrogens is 386 g/mol. The van der Waals surface area contributed by atoms with Gasteiger partial charge in [0.2, 0.25) is 5.91 Å². The lowest BCUT2D eigenvalue weighted by atomic mass is 10.1. The molecule has 1 fully saturated rings. The molecule has 0 bridgehead atoms. The minimum absolute atomic E-state index is 0.0577. The van der Waals surface area contributed by atoms with Crippen molar-refractivity contribution in [1.29, 1.82) is 0 Å². The number of nitrogens with one attached hydrogen (secondary N) is 2. The monoisotopic (exact) mass is 411 g/mol. The van der Waals surface area contributed by atoms with Crippen molar-refractivity contribution in [3.05, 3.63) is 53.6 Å². The maximum Gasteiger partial charge on any atom is 0.254 e. The van der Waals surface area contributed by atoms with E-state index in [1.807, 2.05) is 0 Å². The van der Waals surface area contributed by atoms with Crippen LogP contribution in [-0.4, -0.2) is 62.5 Å². The number of morpholine rings is 1. The van der Waals surface area contributed by atoms with Gasteiger partial charge in [-0.2, -0.15) is 0 Å². The van der Waals surface area contributed by atoms with Crippen LogP contribution in [0.25, 0.3) is 0 Å². The predicted octanol–water partition coefficient (Wildman–Crippen LogP) is 2.42. The normalized spacial score (nSPS) is 13.5. The van der Waals surface area contributed by atoms with E-state index in [1.165, 1.54) is 14.0 Å². The molecule has 8 heteroatoms. The molecule has 0 atom stereocenters. The van der Waals surface area contributed by atoms with Gasteiger partial charge in [-0.1, -0.05) is 12.1 Å². The number of amides is 2. The van der Waals surface area contributed by atoms with Crippen LogP contribution in [0.15, 0.2) is 42.5 Å². The molecule has 158 valence electrons. The third kappa shape index (κ3) is 5.15. The SMILES string of the molecule is COc1ccc(C(=O)N2CCOCC2)cc1NCC(=O)Nc1ccccc1C(C)=O. The average Bonchev–Trinajstić information content (AvgIpc) is 2.77. The maximum absolute atomic E-state index is 12.7. The highest BCUT2D eigenvalue weighted by Gasteiger charge is 2.20. The number of carbonyl (C=O) groups is 3. The van der Waals surface area contributed by atoms with E-state index in [-0.39, 0.29) is 24.1 Å². The van der Waals surface area contributed by atoms with E-state index in [2.05, 4.69) is 10.6 Å². The number of ketones is 1. The van der Waals surface area contributed by atoms with E-state index in [0.29, 0.717) is 54.6 Å². The number of anilines is 2. The van der Waals surface area contributed by atoms with Gasteiger partial charge in [-0.05, 0) is 37.3 Å². The van der Waals surface area contributed by atoms with Crippen molar-refractivity contribution in [3.8, 4) is 5.75 Å². The van der Waals surface area contributed by atoms with E-state index in [0.717, 1.165) is 0 Å². The lowest BCUT2D eigenvalue weighted by Crippen LogP contribution is -2.40. The summed E-state index contributed by atoms with van der Waals surface area (Å²) in [6.07, 6.45) is 0. The van der Waals surface area contributed by atoms with Crippen molar-refractivity contribution in [3.63, 3.8) is 0 Å². The van der Waals surface area contributed by atoms with Crippen molar-refractivity contribution in [2.75, 3.05) is 50.6 Å². The van der Waals surface area contributed by atoms with Crippen LogP contribution in [0.4, 0.5) is 11.4 Å². The fourth-order valence-corrected chi connectivity index (χ4v) is 3.20. The maximum atomic E-state index is 12.7. The highest BCUT2D eigenvalue weighted by atomic mass is 16.5. The molecule has 2 N–H and O–H groups in total. The predicted molar refractivity (Wildman–Crippen MR) is 113 cm³/mol. The molecule has 0 aromatic heterocycles. The quantitative estimate of drug-likeness (QED) is 0.680. The molecule has 30 heavy (non-hydrogen) atoms. The largest absolute Gasteiger partial charge is 0.495 e. The Morgan fingerprint density at radius 3 is 2.50 bits per heavy atom. The van der Waals surface area contributed by atoms with Crippen LogP contribution >= 0.6 is 0 Å². The van der Waals surface area contributed by atoms with E-state index in [9.17, 15) is 14.4 Å². The number of methoxy groups -OCH3 is 1. The molecule has 2 aromatic carbocycles. The molecule has 0 radical (unpaired) electrons. The number of rotatable bonds is 7. The number of benzene rings is 2. The summed E-state index contributed by atoms with van der Waals surface area (Å²) in [5.74, 6) is -0.0279. The van der Waals surface area contributed by atoms with Crippen molar-refractivity contribution < 1.29 is 23.9 Å². The average molecular weight is 411 g/mol. The van der Waals surface area contributed by atoms with Crippen LogP contribution in [0.5, 0.6) is 5.75 Å². The number of nitrogens with zero attached hydrogens (tertiary/aromatic N) is 1. The number of hydrogen-bond donors (Lipinski definition) is 2. The van der Waals surface area contributed by atoms with Crippen molar-refractivity contribution in [2.24, 2.45) is 0 Å². The molecule has 0 spiro atoms. The van der Waals surface area contributed by atoms with E-state index < -0.39 is 0 Å². The van der Waals surface area contributed by atoms with E-state index in [4.69, 9.17) is 9.47 Å². The third-order valence-corrected chi connectivity index (χ3v) is 4.76. The minimum atomic E-state index is -0.323. The van der Waals surface area contributed by atoms with Gasteiger partial charge in [-0.25, -0.2) is 0 Å². The minimum Gasteiger partial charge on any atom is -0.495 e. The summed E-state index contributed by atoms with van der Waals surface area (Å²) in [4.78, 5) is 38.6. The zero-order chi connectivity index (χ0) is 21.5. The Morgan fingerprint density at radius 2 is 1.80 bits per heavy atom. The van der Waals surface area contributed by atoms with E-state index in [1.54, 1.807) is 47.4 Å². The molecule has 2 aromatic rings. The van der Waals surface area contributed by atoms with Crippen LogP contribution in [-0.2, 0) is 9.53 Å². The standard InChI is InChI=1S/C22H25N3O5/c1-15(26)17-5-3-4-6-18(17)24-21(27)14-23-19-13-16(7-8-20(19)29-2)22(28)25-9-11-30-12-10-25/h3-8,13,23H,9-12,14H2,1-2H3,(H,24,27). The Morgan fingerprint density at radius 1 is 1.07 bits per heavy atom. The molecule has 0 aliphatic carbocycles. The Bertz CT molecular complexity index is 938. The summed E-state index contributed by atoms with van der Waals surface area (Å²) in [5, 5.41) is 5.75. The van der Waals surface area contributed by atoms with Crippen molar-refractivity contribution >= 4 is 29.0 Å². The first-order valence-corrected chi connectivity index (χ1v) is 9.68. The second-order valence-electron chi connectivity index (χ2n) is 6.82. The molecule has 8 nitrogen and oxygen atoms in total. The van der Waals surface area contributed by atoms with Gasteiger partial charge in [-0.15, -0.1) is 0 Å². The van der Waals surface area contributed by atoms with Crippen LogP contribution in [0, 0.1) is 0 Å². The smallest absolute Gasteiger partial charge is 0.254 e. The van der Waals surface area contributed by atoms with Gasteiger partial charge < -0.3 is 25.0 Å². The number of carbonyl (C=O) groups excluding carboxylic acids is 3. The highest BCUT2D eigenvalue weighted by Crippen LogP contribution is 2.26. The molecule has 0 unspecified atom stereocenters. The summed E-state index contributed by atoms with van der Waals surface area (Å²) < 4.78 is 10.6. The topological polar surface area (TPSA) is 97.0 Å². The molecule has 1 saturated heterocycles. The summed E-state index contributed by atoms with van der Waals surface area (Å²) in [7, 11) is 1.52. The van der Waals surface area contributed by atoms with Crippen molar-refractivity contribution in [1.82, 2.24) is 4.90 Å². The highest BCUT2D eigenvalue weighted by molar-refractivity contribution is 6.04. The lowest BCUT2D eigenvalue weighted by Gasteiger charge is -2.27. The van der Waals surface area contributed by atoms with Gasteiger partial charge in [-0.3, -0.25) is 14.4 Å². The van der Waals surface area contributed by atoms with Crippen molar-refractivity contribution in [2.45, 2.75) is 6.92 Å². The van der Waals surface area contributed by atoms with Crippen LogP contribution in [0.3, 0.4) is 0 Å². The van der Waals surface area contributed by atoms with Crippen LogP contribution in [0.2, 0.25) is 0 Å². The Kier molecular flexibility index (Phi) is 7.03. The molecule has 3 rings (SSSR count). The molecule has 2 amide bonds. The van der Waals surface area contributed by atoms with Gasteiger partial charge >= 0.3 is 0 Å². The molecule has 1 aliphatic rings. The van der Waals surface area contributed by atoms with Crippen LogP contribution in [0.1, 0.15) is 27.6 Å². The second kappa shape index (κ2) is 9.89. The number of para-hydroxylation sites is 1. The first kappa shape index (κ1) is 21.3. The second-order valence-corrected chi connectivity index (χ2v) is 6.82. The number of hydrogen-bond acceptors (Lipinski definition) is 6. The molecule has 1 aliphatic heterocycles. The summed E-state index contributed by atoms with van der Waals surface area (Å²) in [6, 6.07) is 11.9. The third-order valence-electron chi connectivity index (χ3n) is 4.76. The first-order valence-electron chi connectivity index (χ1n) is 9.68. The zero-order valence-corrected chi connectivity index (χ0v) is 17.1. The van der Waals surface area contributed by atoms with Gasteiger partial charge in [0.1, 0.15) is 5.75 Å². The molecule has 1 heterocycles. The molecular formula is C22H25N3O5. The Hall–Kier alpha value is -3.39. The van der Waals surface area contributed by atoms with Gasteiger partial charge in [0.25, 0.3) is 5.91 Å². The fraction of sp³-hybridized carbons (Fsp3) is 0.318.